The van der Waals surface area contributed by atoms with Crippen molar-refractivity contribution in [2.45, 2.75) is 6.92 Å². The second kappa shape index (κ2) is 5.79. The van der Waals surface area contributed by atoms with Gasteiger partial charge in [0, 0.05) is 29.0 Å². The molecule has 1 heterocycles. The zero-order chi connectivity index (χ0) is 14.7. The van der Waals surface area contributed by atoms with Crippen LogP contribution in [0.4, 0.5) is 11.4 Å². The minimum absolute atomic E-state index is 0.0710. The Morgan fingerprint density at radius 2 is 2.10 bits per heavy atom. The third-order valence-electron chi connectivity index (χ3n) is 2.65. The molecular weight excluding hydrogens is 326 g/mol. The highest BCUT2D eigenvalue weighted by atomic mass is 79.9. The number of pyridine rings is 1. The number of nitrogens with zero attached hydrogens (tertiary/aromatic N) is 2. The first kappa shape index (κ1) is 14.1. The molecule has 0 spiro atoms. The number of halogens is 1. The van der Waals surface area contributed by atoms with Gasteiger partial charge in [-0.1, -0.05) is 6.07 Å². The molecule has 1 aromatic heterocycles. The van der Waals surface area contributed by atoms with Crippen LogP contribution in [-0.2, 0) is 0 Å². The Balaban J connectivity index is 2.27. The van der Waals surface area contributed by atoms with Crippen molar-refractivity contribution in [3.8, 4) is 0 Å². The minimum Gasteiger partial charge on any atom is -0.321 e. The number of nitro groups is 1. The normalized spacial score (nSPS) is 10.1. The van der Waals surface area contributed by atoms with Crippen LogP contribution in [-0.4, -0.2) is 15.8 Å². The van der Waals surface area contributed by atoms with Crippen molar-refractivity contribution in [2.75, 3.05) is 5.32 Å². The lowest BCUT2D eigenvalue weighted by atomic mass is 10.1. The van der Waals surface area contributed by atoms with E-state index in [-0.39, 0.29) is 11.6 Å². The fourth-order valence-electron chi connectivity index (χ4n) is 1.59. The van der Waals surface area contributed by atoms with E-state index in [0.717, 1.165) is 5.56 Å². The van der Waals surface area contributed by atoms with Crippen LogP contribution in [0, 0.1) is 17.0 Å². The summed E-state index contributed by atoms with van der Waals surface area (Å²) in [6.45, 7) is 1.76. The number of hydrogen-bond donors (Lipinski definition) is 1. The third-order valence-corrected chi connectivity index (χ3v) is 3.08. The van der Waals surface area contributed by atoms with Crippen molar-refractivity contribution in [1.82, 2.24) is 4.98 Å². The van der Waals surface area contributed by atoms with Crippen molar-refractivity contribution >= 4 is 33.2 Å². The van der Waals surface area contributed by atoms with E-state index in [1.54, 1.807) is 25.3 Å². The molecule has 1 amide bonds. The van der Waals surface area contributed by atoms with E-state index >= 15 is 0 Å². The average Bonchev–Trinajstić information content (AvgIpc) is 2.41. The summed E-state index contributed by atoms with van der Waals surface area (Å²) < 4.78 is 0.681. The van der Waals surface area contributed by atoms with Crippen molar-refractivity contribution in [2.24, 2.45) is 0 Å². The van der Waals surface area contributed by atoms with Crippen LogP contribution in [0.3, 0.4) is 0 Å². The van der Waals surface area contributed by atoms with Gasteiger partial charge in [0.1, 0.15) is 0 Å². The topological polar surface area (TPSA) is 85.1 Å². The van der Waals surface area contributed by atoms with Gasteiger partial charge in [0.05, 0.1) is 16.2 Å². The zero-order valence-electron chi connectivity index (χ0n) is 10.5. The molecule has 0 atom stereocenters. The summed E-state index contributed by atoms with van der Waals surface area (Å²) in [4.78, 5) is 26.2. The van der Waals surface area contributed by atoms with Gasteiger partial charge in [0.25, 0.3) is 11.6 Å². The molecule has 20 heavy (non-hydrogen) atoms. The van der Waals surface area contributed by atoms with Gasteiger partial charge in [-0.3, -0.25) is 19.9 Å². The summed E-state index contributed by atoms with van der Waals surface area (Å²) >= 11 is 3.23. The monoisotopic (exact) mass is 335 g/mol. The molecule has 0 aliphatic rings. The SMILES string of the molecule is Cc1ccc([N+](=O)[O-])cc1NC(=O)c1cncc(Br)c1. The van der Waals surface area contributed by atoms with Gasteiger partial charge in [0.15, 0.2) is 0 Å². The summed E-state index contributed by atoms with van der Waals surface area (Å²) in [5.41, 5.74) is 1.44. The number of aryl methyl sites for hydroxylation is 1. The van der Waals surface area contributed by atoms with E-state index < -0.39 is 4.92 Å². The fourth-order valence-corrected chi connectivity index (χ4v) is 1.95. The van der Waals surface area contributed by atoms with E-state index in [4.69, 9.17) is 0 Å². The number of aromatic nitrogens is 1. The zero-order valence-corrected chi connectivity index (χ0v) is 12.0. The molecule has 0 fully saturated rings. The van der Waals surface area contributed by atoms with Gasteiger partial charge in [0.2, 0.25) is 0 Å². The lowest BCUT2D eigenvalue weighted by Crippen LogP contribution is -2.13. The number of carbonyl (C=O) groups is 1. The standard InChI is InChI=1S/C13H10BrN3O3/c1-8-2-3-11(17(19)20)5-12(8)16-13(18)9-4-10(14)7-15-6-9/h2-7H,1H3,(H,16,18). The summed E-state index contributed by atoms with van der Waals surface area (Å²) in [7, 11) is 0. The fraction of sp³-hybridized carbons (Fsp3) is 0.0769. The van der Waals surface area contributed by atoms with Gasteiger partial charge in [-0.05, 0) is 34.5 Å². The average molecular weight is 336 g/mol. The molecular formula is C13H10BrN3O3. The quantitative estimate of drug-likeness (QED) is 0.688. The number of non-ortho nitro benzene ring substituents is 1. The highest BCUT2D eigenvalue weighted by molar-refractivity contribution is 9.10. The number of carbonyl (C=O) groups excluding carboxylic acids is 1. The van der Waals surface area contributed by atoms with Crippen molar-refractivity contribution < 1.29 is 9.72 Å². The molecule has 2 aromatic rings. The second-order valence-electron chi connectivity index (χ2n) is 4.10. The first-order valence-electron chi connectivity index (χ1n) is 5.64. The van der Waals surface area contributed by atoms with Crippen LogP contribution in [0.25, 0.3) is 0 Å². The summed E-state index contributed by atoms with van der Waals surface area (Å²) in [6, 6.07) is 5.94. The molecule has 0 bridgehead atoms. The smallest absolute Gasteiger partial charge is 0.271 e. The van der Waals surface area contributed by atoms with Crippen LogP contribution < -0.4 is 5.32 Å². The molecule has 1 N–H and O–H groups in total. The Kier molecular flexibility index (Phi) is 4.09. The number of nitro benzene ring substituents is 1. The Hall–Kier alpha value is -2.28. The van der Waals surface area contributed by atoms with E-state index in [0.29, 0.717) is 15.7 Å². The molecule has 2 rings (SSSR count). The maximum atomic E-state index is 12.1. The van der Waals surface area contributed by atoms with Gasteiger partial charge >= 0.3 is 0 Å². The number of rotatable bonds is 3. The highest BCUT2D eigenvalue weighted by Crippen LogP contribution is 2.22. The number of benzene rings is 1. The molecule has 7 heteroatoms. The third kappa shape index (κ3) is 3.18. The molecule has 0 aliphatic carbocycles. The predicted molar refractivity (Wildman–Crippen MR) is 77.7 cm³/mol. The molecule has 0 saturated heterocycles. The minimum atomic E-state index is -0.504. The van der Waals surface area contributed by atoms with Crippen molar-refractivity contribution in [1.29, 1.82) is 0 Å². The van der Waals surface area contributed by atoms with E-state index in [1.165, 1.54) is 18.3 Å². The first-order chi connectivity index (χ1) is 9.47. The van der Waals surface area contributed by atoms with Crippen LogP contribution in [0.1, 0.15) is 15.9 Å². The van der Waals surface area contributed by atoms with Crippen LogP contribution in [0.2, 0.25) is 0 Å². The number of anilines is 1. The molecule has 0 aliphatic heterocycles. The van der Waals surface area contributed by atoms with Gasteiger partial charge in [-0.25, -0.2) is 0 Å². The largest absolute Gasteiger partial charge is 0.321 e. The van der Waals surface area contributed by atoms with Crippen molar-refractivity contribution in [3.63, 3.8) is 0 Å². The predicted octanol–water partition coefficient (Wildman–Crippen LogP) is 3.31. The second-order valence-corrected chi connectivity index (χ2v) is 5.02. The first-order valence-corrected chi connectivity index (χ1v) is 6.43. The molecule has 0 saturated carbocycles. The molecule has 1 aromatic carbocycles. The number of amides is 1. The molecule has 0 radical (unpaired) electrons. The van der Waals surface area contributed by atoms with Gasteiger partial charge in [-0.15, -0.1) is 0 Å². The van der Waals surface area contributed by atoms with Gasteiger partial charge in [-0.2, -0.15) is 0 Å². The van der Waals surface area contributed by atoms with Gasteiger partial charge < -0.3 is 5.32 Å². The maximum absolute atomic E-state index is 12.1. The molecule has 6 nitrogen and oxygen atoms in total. The van der Waals surface area contributed by atoms with Crippen LogP contribution >= 0.6 is 15.9 Å². The summed E-state index contributed by atoms with van der Waals surface area (Å²) in [6.07, 6.45) is 2.99. The van der Waals surface area contributed by atoms with E-state index in [1.807, 2.05) is 0 Å². The maximum Gasteiger partial charge on any atom is 0.271 e. The Labute approximate surface area is 123 Å². The lowest BCUT2D eigenvalue weighted by molar-refractivity contribution is -0.384. The van der Waals surface area contributed by atoms with Crippen molar-refractivity contribution in [3.05, 3.63) is 62.4 Å². The summed E-state index contributed by atoms with van der Waals surface area (Å²) in [5.74, 6) is -0.373. The molecule has 0 unspecified atom stereocenters. The Morgan fingerprint density at radius 1 is 1.35 bits per heavy atom. The van der Waals surface area contributed by atoms with E-state index in [9.17, 15) is 14.9 Å². The van der Waals surface area contributed by atoms with Crippen LogP contribution in [0.5, 0.6) is 0 Å². The highest BCUT2D eigenvalue weighted by Gasteiger charge is 2.12. The summed E-state index contributed by atoms with van der Waals surface area (Å²) in [5, 5.41) is 13.4. The van der Waals surface area contributed by atoms with E-state index in [2.05, 4.69) is 26.2 Å². The Bertz CT molecular complexity index is 688. The Morgan fingerprint density at radius 3 is 2.75 bits per heavy atom. The number of hydrogen-bond acceptors (Lipinski definition) is 4. The lowest BCUT2D eigenvalue weighted by Gasteiger charge is -2.08. The van der Waals surface area contributed by atoms with Crippen LogP contribution in [0.15, 0.2) is 41.1 Å². The molecule has 102 valence electrons. The number of nitrogens with one attached hydrogen (secondary N) is 1.